The van der Waals surface area contributed by atoms with Crippen LogP contribution in [0.4, 0.5) is 17.6 Å². The summed E-state index contributed by atoms with van der Waals surface area (Å²) in [5, 5.41) is 16.0. The zero-order valence-corrected chi connectivity index (χ0v) is 17.7. The standard InChI is InChI=1S/C23H14BrF4N3O/c24-19-3-1-2-17-18(12-29-21(17)19)22(32,23(26,27)28)14-4-9-20-13(10-14)11-30-31(20)16-7-5-15(25)6-8-16/h1-12,29,32H. The van der Waals surface area contributed by atoms with Crippen molar-refractivity contribution in [3.05, 3.63) is 94.5 Å². The van der Waals surface area contributed by atoms with Gasteiger partial charge in [-0.3, -0.25) is 0 Å². The van der Waals surface area contributed by atoms with Gasteiger partial charge in [-0.15, -0.1) is 0 Å². The molecule has 4 nitrogen and oxygen atoms in total. The second-order valence-electron chi connectivity index (χ2n) is 7.38. The lowest BCUT2D eigenvalue weighted by molar-refractivity contribution is -0.247. The summed E-state index contributed by atoms with van der Waals surface area (Å²) in [5.41, 5.74) is -2.36. The van der Waals surface area contributed by atoms with E-state index in [0.29, 0.717) is 26.6 Å². The van der Waals surface area contributed by atoms with E-state index in [1.54, 1.807) is 12.1 Å². The van der Waals surface area contributed by atoms with E-state index in [1.807, 2.05) is 0 Å². The molecule has 0 saturated carbocycles. The molecule has 5 aromatic rings. The first-order chi connectivity index (χ1) is 15.2. The maximum absolute atomic E-state index is 14.4. The Morgan fingerprint density at radius 1 is 1.00 bits per heavy atom. The van der Waals surface area contributed by atoms with Crippen molar-refractivity contribution in [3.63, 3.8) is 0 Å². The number of fused-ring (bicyclic) bond motifs is 2. The number of aliphatic hydroxyl groups is 1. The minimum atomic E-state index is -4.99. The Kier molecular flexibility index (Phi) is 4.65. The summed E-state index contributed by atoms with van der Waals surface area (Å²) in [6, 6.07) is 14.4. The first kappa shape index (κ1) is 20.7. The summed E-state index contributed by atoms with van der Waals surface area (Å²) >= 11 is 3.32. The molecule has 162 valence electrons. The number of alkyl halides is 3. The van der Waals surface area contributed by atoms with Crippen LogP contribution in [0.1, 0.15) is 11.1 Å². The second-order valence-corrected chi connectivity index (χ2v) is 8.23. The smallest absolute Gasteiger partial charge is 0.372 e. The predicted octanol–water partition coefficient (Wildman–Crippen LogP) is 6.21. The molecule has 2 aromatic heterocycles. The number of halogens is 5. The van der Waals surface area contributed by atoms with Crippen molar-refractivity contribution in [2.75, 3.05) is 0 Å². The summed E-state index contributed by atoms with van der Waals surface area (Å²) in [4.78, 5) is 2.82. The summed E-state index contributed by atoms with van der Waals surface area (Å²) in [5.74, 6) is -0.409. The van der Waals surface area contributed by atoms with Gasteiger partial charge in [0.05, 0.1) is 22.9 Å². The SMILES string of the molecule is OC(c1ccc2c(cnn2-c2ccc(F)cc2)c1)(c1c[nH]c2c(Br)cccc12)C(F)(F)F. The monoisotopic (exact) mass is 503 g/mol. The Morgan fingerprint density at radius 2 is 1.75 bits per heavy atom. The molecule has 1 unspecified atom stereocenters. The minimum Gasteiger partial charge on any atom is -0.372 e. The molecule has 0 spiro atoms. The number of benzene rings is 3. The normalized spacial score (nSPS) is 14.2. The van der Waals surface area contributed by atoms with E-state index in [0.717, 1.165) is 0 Å². The van der Waals surface area contributed by atoms with Gasteiger partial charge < -0.3 is 10.1 Å². The lowest BCUT2D eigenvalue weighted by Gasteiger charge is -2.31. The summed E-state index contributed by atoms with van der Waals surface area (Å²) in [6.45, 7) is 0. The number of hydrogen-bond acceptors (Lipinski definition) is 2. The number of H-pyrrole nitrogens is 1. The van der Waals surface area contributed by atoms with Gasteiger partial charge >= 0.3 is 6.18 Å². The maximum atomic E-state index is 14.4. The van der Waals surface area contributed by atoms with Crippen LogP contribution in [0.2, 0.25) is 0 Å². The summed E-state index contributed by atoms with van der Waals surface area (Å²) in [6.07, 6.45) is -2.41. The molecule has 0 aliphatic carbocycles. The molecule has 5 rings (SSSR count). The molecule has 2 N–H and O–H groups in total. The maximum Gasteiger partial charge on any atom is 0.425 e. The van der Waals surface area contributed by atoms with Crippen LogP contribution in [0.3, 0.4) is 0 Å². The highest BCUT2D eigenvalue weighted by molar-refractivity contribution is 9.10. The van der Waals surface area contributed by atoms with Gasteiger partial charge in [0.1, 0.15) is 5.82 Å². The van der Waals surface area contributed by atoms with Crippen LogP contribution in [0, 0.1) is 5.82 Å². The summed E-state index contributed by atoms with van der Waals surface area (Å²) < 4.78 is 58.4. The highest BCUT2D eigenvalue weighted by Gasteiger charge is 2.57. The van der Waals surface area contributed by atoms with Crippen molar-refractivity contribution in [3.8, 4) is 5.69 Å². The van der Waals surface area contributed by atoms with Crippen molar-refractivity contribution in [2.45, 2.75) is 11.8 Å². The number of nitrogens with one attached hydrogen (secondary N) is 1. The highest BCUT2D eigenvalue weighted by Crippen LogP contribution is 2.47. The van der Waals surface area contributed by atoms with Gasteiger partial charge in [-0.25, -0.2) is 9.07 Å². The molecular weight excluding hydrogens is 490 g/mol. The minimum absolute atomic E-state index is 0.251. The third-order valence-electron chi connectivity index (χ3n) is 5.52. The van der Waals surface area contributed by atoms with Gasteiger partial charge in [-0.2, -0.15) is 18.3 Å². The van der Waals surface area contributed by atoms with Crippen LogP contribution in [0.5, 0.6) is 0 Å². The van der Waals surface area contributed by atoms with Gasteiger partial charge in [-0.05, 0) is 64.0 Å². The highest BCUT2D eigenvalue weighted by atomic mass is 79.9. The second kappa shape index (κ2) is 7.18. The van der Waals surface area contributed by atoms with Crippen LogP contribution >= 0.6 is 15.9 Å². The number of aromatic amines is 1. The van der Waals surface area contributed by atoms with Crippen molar-refractivity contribution in [1.82, 2.24) is 14.8 Å². The quantitative estimate of drug-likeness (QED) is 0.287. The third-order valence-corrected chi connectivity index (χ3v) is 6.18. The largest absolute Gasteiger partial charge is 0.425 e. The topological polar surface area (TPSA) is 53.8 Å². The Balaban J connectivity index is 1.70. The van der Waals surface area contributed by atoms with Crippen LogP contribution in [0.25, 0.3) is 27.5 Å². The summed E-state index contributed by atoms with van der Waals surface area (Å²) in [7, 11) is 0. The van der Waals surface area contributed by atoms with Crippen LogP contribution < -0.4 is 0 Å². The van der Waals surface area contributed by atoms with E-state index in [-0.39, 0.29) is 16.5 Å². The zero-order chi connectivity index (χ0) is 22.7. The number of hydrogen-bond donors (Lipinski definition) is 2. The van der Waals surface area contributed by atoms with E-state index in [2.05, 4.69) is 26.0 Å². The molecule has 3 aromatic carbocycles. The number of aromatic nitrogens is 3. The molecule has 0 radical (unpaired) electrons. The number of rotatable bonds is 3. The molecule has 1 atom stereocenters. The van der Waals surface area contributed by atoms with E-state index in [1.165, 1.54) is 65.6 Å². The average Bonchev–Trinajstić information content (AvgIpc) is 3.38. The van der Waals surface area contributed by atoms with Crippen molar-refractivity contribution in [1.29, 1.82) is 0 Å². The molecule has 0 fully saturated rings. The van der Waals surface area contributed by atoms with Crippen molar-refractivity contribution >= 4 is 37.7 Å². The van der Waals surface area contributed by atoms with Crippen LogP contribution in [0.15, 0.2) is 77.5 Å². The Hall–Kier alpha value is -3.17. The molecule has 0 aliphatic rings. The van der Waals surface area contributed by atoms with Gasteiger partial charge in [0, 0.05) is 27.0 Å². The third kappa shape index (κ3) is 3.03. The molecular formula is C23H14BrF4N3O. The van der Waals surface area contributed by atoms with Gasteiger partial charge in [0.15, 0.2) is 0 Å². The fourth-order valence-corrected chi connectivity index (χ4v) is 4.42. The van der Waals surface area contributed by atoms with Crippen LogP contribution in [-0.4, -0.2) is 26.0 Å². The van der Waals surface area contributed by atoms with Gasteiger partial charge in [0.25, 0.3) is 0 Å². The molecule has 0 aliphatic heterocycles. The van der Waals surface area contributed by atoms with Crippen molar-refractivity contribution < 1.29 is 22.7 Å². The molecule has 0 bridgehead atoms. The lowest BCUT2D eigenvalue weighted by atomic mass is 9.85. The first-order valence-electron chi connectivity index (χ1n) is 9.49. The fraction of sp³-hybridized carbons (Fsp3) is 0.0870. The zero-order valence-electron chi connectivity index (χ0n) is 16.2. The van der Waals surface area contributed by atoms with Crippen LogP contribution in [-0.2, 0) is 5.60 Å². The van der Waals surface area contributed by atoms with Crippen molar-refractivity contribution in [2.24, 2.45) is 0 Å². The Bertz CT molecular complexity index is 1460. The fourth-order valence-electron chi connectivity index (χ4n) is 3.93. The number of nitrogens with zero attached hydrogens (tertiary/aromatic N) is 2. The van der Waals surface area contributed by atoms with E-state index in [9.17, 15) is 22.7 Å². The molecule has 2 heterocycles. The lowest BCUT2D eigenvalue weighted by Crippen LogP contribution is -2.43. The molecule has 0 saturated heterocycles. The first-order valence-corrected chi connectivity index (χ1v) is 10.3. The Morgan fingerprint density at radius 3 is 2.47 bits per heavy atom. The van der Waals surface area contributed by atoms with Gasteiger partial charge in [0.2, 0.25) is 5.60 Å². The molecule has 0 amide bonds. The predicted molar refractivity (Wildman–Crippen MR) is 116 cm³/mol. The molecule has 32 heavy (non-hydrogen) atoms. The Labute approximate surface area is 187 Å². The number of para-hydroxylation sites is 1. The van der Waals surface area contributed by atoms with E-state index < -0.39 is 17.6 Å². The van der Waals surface area contributed by atoms with E-state index >= 15 is 0 Å². The average molecular weight is 504 g/mol. The van der Waals surface area contributed by atoms with E-state index in [4.69, 9.17) is 0 Å². The molecule has 9 heteroatoms. The van der Waals surface area contributed by atoms with Gasteiger partial charge in [-0.1, -0.05) is 18.2 Å².